The number of carbonyl (C=O) groups excluding carboxylic acids is 2. The molecule has 8 nitrogen and oxygen atoms in total. The summed E-state index contributed by atoms with van der Waals surface area (Å²) >= 11 is 0. The van der Waals surface area contributed by atoms with Gasteiger partial charge in [0.05, 0.1) is 11.4 Å². The van der Waals surface area contributed by atoms with Crippen LogP contribution in [0.4, 0.5) is 16.2 Å². The summed E-state index contributed by atoms with van der Waals surface area (Å²) in [6.07, 6.45) is 2.50. The number of nitrogens with zero attached hydrogens (tertiary/aromatic N) is 3. The second kappa shape index (κ2) is 11.0. The molecule has 0 fully saturated rings. The largest absolute Gasteiger partial charge is 0.397 e. The van der Waals surface area contributed by atoms with E-state index in [1.54, 1.807) is 41.4 Å². The number of nitrogens with one attached hydrogen (secondary N) is 2. The van der Waals surface area contributed by atoms with Gasteiger partial charge in [-0.1, -0.05) is 25.1 Å². The third-order valence-electron chi connectivity index (χ3n) is 4.27. The lowest BCUT2D eigenvalue weighted by atomic mass is 10.2. The van der Waals surface area contributed by atoms with Crippen LogP contribution in [-0.4, -0.2) is 60.5 Å². The molecular formula is C21H30N6O2. The van der Waals surface area contributed by atoms with Gasteiger partial charge in [0.1, 0.15) is 5.69 Å². The van der Waals surface area contributed by atoms with Gasteiger partial charge in [-0.15, -0.1) is 0 Å². The van der Waals surface area contributed by atoms with Gasteiger partial charge in [-0.05, 0) is 44.3 Å². The zero-order valence-electron chi connectivity index (χ0n) is 17.3. The first-order valence-electron chi connectivity index (χ1n) is 9.69. The van der Waals surface area contributed by atoms with Gasteiger partial charge in [-0.2, -0.15) is 0 Å². The molecular weight excluding hydrogens is 368 g/mol. The SMILES string of the molecule is CCCNC(=O)N(CCN(C)C)Cc1ccc(C(=O)Nc2ccccc2N)nc1. The molecule has 0 atom stereocenters. The van der Waals surface area contributed by atoms with E-state index in [0.717, 1.165) is 18.5 Å². The maximum absolute atomic E-state index is 12.4. The van der Waals surface area contributed by atoms with Gasteiger partial charge >= 0.3 is 6.03 Å². The van der Waals surface area contributed by atoms with Crippen molar-refractivity contribution in [3.05, 3.63) is 53.9 Å². The molecule has 8 heteroatoms. The van der Waals surface area contributed by atoms with E-state index < -0.39 is 0 Å². The molecule has 1 aromatic carbocycles. The predicted octanol–water partition coefficient (Wildman–Crippen LogP) is 2.40. The number of hydrogen-bond acceptors (Lipinski definition) is 5. The summed E-state index contributed by atoms with van der Waals surface area (Å²) in [6, 6.07) is 10.4. The topological polar surface area (TPSA) is 104 Å². The lowest BCUT2D eigenvalue weighted by Gasteiger charge is -2.24. The molecule has 4 N–H and O–H groups in total. The molecule has 0 aliphatic carbocycles. The van der Waals surface area contributed by atoms with E-state index in [2.05, 4.69) is 15.6 Å². The summed E-state index contributed by atoms with van der Waals surface area (Å²) in [6.45, 7) is 4.42. The number of urea groups is 1. The number of nitrogen functional groups attached to an aromatic ring is 1. The first-order chi connectivity index (χ1) is 13.9. The Balaban J connectivity index is 2.03. The van der Waals surface area contributed by atoms with E-state index in [9.17, 15) is 9.59 Å². The van der Waals surface area contributed by atoms with Crippen LogP contribution in [-0.2, 0) is 6.54 Å². The van der Waals surface area contributed by atoms with Gasteiger partial charge < -0.3 is 26.2 Å². The smallest absolute Gasteiger partial charge is 0.317 e. The number of anilines is 2. The molecule has 0 aliphatic rings. The van der Waals surface area contributed by atoms with E-state index in [0.29, 0.717) is 31.0 Å². The first kappa shape index (κ1) is 22.2. The molecule has 3 amide bonds. The number of rotatable bonds is 9. The molecule has 0 unspecified atom stereocenters. The van der Waals surface area contributed by atoms with Crippen LogP contribution < -0.4 is 16.4 Å². The number of benzene rings is 1. The second-order valence-electron chi connectivity index (χ2n) is 7.05. The number of nitrogens with two attached hydrogens (primary N) is 1. The molecule has 2 rings (SSSR count). The van der Waals surface area contributed by atoms with Crippen LogP contribution in [0.1, 0.15) is 29.4 Å². The zero-order valence-corrected chi connectivity index (χ0v) is 17.3. The second-order valence-corrected chi connectivity index (χ2v) is 7.05. The van der Waals surface area contributed by atoms with Crippen LogP contribution in [0.5, 0.6) is 0 Å². The average molecular weight is 399 g/mol. The monoisotopic (exact) mass is 398 g/mol. The van der Waals surface area contributed by atoms with E-state index in [4.69, 9.17) is 5.73 Å². The first-order valence-corrected chi connectivity index (χ1v) is 9.69. The maximum Gasteiger partial charge on any atom is 0.317 e. The number of pyridine rings is 1. The van der Waals surface area contributed by atoms with Gasteiger partial charge in [0.25, 0.3) is 5.91 Å². The van der Waals surface area contributed by atoms with E-state index in [-0.39, 0.29) is 17.6 Å². The number of amides is 3. The Bertz CT molecular complexity index is 807. The van der Waals surface area contributed by atoms with Gasteiger partial charge in [0, 0.05) is 32.4 Å². The molecule has 0 saturated heterocycles. The van der Waals surface area contributed by atoms with Crippen LogP contribution in [0.15, 0.2) is 42.6 Å². The van der Waals surface area contributed by atoms with Gasteiger partial charge in [0.2, 0.25) is 0 Å². The number of aromatic nitrogens is 1. The minimum atomic E-state index is -0.334. The quantitative estimate of drug-likeness (QED) is 0.563. The predicted molar refractivity (Wildman–Crippen MR) is 116 cm³/mol. The van der Waals surface area contributed by atoms with Crippen LogP contribution in [0.2, 0.25) is 0 Å². The standard InChI is InChI=1S/C21H30N6O2/c1-4-11-23-21(29)27(13-12-26(2)3)15-16-9-10-19(24-14-16)20(28)25-18-8-6-5-7-17(18)22/h5-10,14H,4,11-13,15,22H2,1-3H3,(H,23,29)(H,25,28). The van der Waals surface area contributed by atoms with Crippen molar-refractivity contribution in [2.45, 2.75) is 19.9 Å². The number of hydrogen-bond donors (Lipinski definition) is 3. The lowest BCUT2D eigenvalue weighted by Crippen LogP contribution is -2.42. The maximum atomic E-state index is 12.4. The van der Waals surface area contributed by atoms with E-state index in [1.165, 1.54) is 0 Å². The molecule has 0 bridgehead atoms. The Hall–Kier alpha value is -3.13. The Labute approximate surface area is 172 Å². The number of para-hydroxylation sites is 2. The number of likely N-dealkylation sites (N-methyl/N-ethyl adjacent to an activating group) is 1. The Morgan fingerprint density at radius 1 is 1.10 bits per heavy atom. The highest BCUT2D eigenvalue weighted by Gasteiger charge is 2.15. The van der Waals surface area contributed by atoms with Crippen molar-refractivity contribution in [3.63, 3.8) is 0 Å². The summed E-state index contributed by atoms with van der Waals surface area (Å²) < 4.78 is 0. The van der Waals surface area contributed by atoms with Crippen molar-refractivity contribution in [1.29, 1.82) is 0 Å². The highest BCUT2D eigenvalue weighted by molar-refractivity contribution is 6.04. The summed E-state index contributed by atoms with van der Waals surface area (Å²) in [5, 5.41) is 5.67. The van der Waals surface area contributed by atoms with Crippen molar-refractivity contribution in [1.82, 2.24) is 20.1 Å². The molecule has 156 valence electrons. The Kier molecular flexibility index (Phi) is 8.42. The summed E-state index contributed by atoms with van der Waals surface area (Å²) in [4.78, 5) is 32.9. The highest BCUT2D eigenvalue weighted by atomic mass is 16.2. The molecule has 0 spiro atoms. The van der Waals surface area contributed by atoms with E-state index in [1.807, 2.05) is 32.0 Å². The minimum Gasteiger partial charge on any atom is -0.397 e. The fourth-order valence-electron chi connectivity index (χ4n) is 2.59. The molecule has 0 aliphatic heterocycles. The van der Waals surface area contributed by atoms with Crippen molar-refractivity contribution in [3.8, 4) is 0 Å². The Morgan fingerprint density at radius 2 is 1.86 bits per heavy atom. The van der Waals surface area contributed by atoms with Crippen molar-refractivity contribution >= 4 is 23.3 Å². The normalized spacial score (nSPS) is 10.6. The Morgan fingerprint density at radius 3 is 2.48 bits per heavy atom. The fourth-order valence-corrected chi connectivity index (χ4v) is 2.59. The average Bonchev–Trinajstić information content (AvgIpc) is 2.71. The van der Waals surface area contributed by atoms with Crippen molar-refractivity contribution in [2.24, 2.45) is 0 Å². The summed E-state index contributed by atoms with van der Waals surface area (Å²) in [7, 11) is 3.94. The molecule has 0 saturated carbocycles. The fraction of sp³-hybridized carbons (Fsp3) is 0.381. The van der Waals surface area contributed by atoms with Crippen molar-refractivity contribution in [2.75, 3.05) is 44.8 Å². The van der Waals surface area contributed by atoms with Crippen LogP contribution in [0.3, 0.4) is 0 Å². The zero-order chi connectivity index (χ0) is 21.2. The van der Waals surface area contributed by atoms with Crippen LogP contribution in [0, 0.1) is 0 Å². The molecule has 1 aromatic heterocycles. The molecule has 0 radical (unpaired) electrons. The van der Waals surface area contributed by atoms with Crippen LogP contribution >= 0.6 is 0 Å². The van der Waals surface area contributed by atoms with E-state index >= 15 is 0 Å². The number of carbonyl (C=O) groups is 2. The third-order valence-corrected chi connectivity index (χ3v) is 4.27. The molecule has 1 heterocycles. The van der Waals surface area contributed by atoms with Gasteiger partial charge in [-0.25, -0.2) is 4.79 Å². The molecule has 2 aromatic rings. The molecule has 29 heavy (non-hydrogen) atoms. The summed E-state index contributed by atoms with van der Waals surface area (Å²) in [5.74, 6) is -0.334. The highest BCUT2D eigenvalue weighted by Crippen LogP contribution is 2.17. The summed E-state index contributed by atoms with van der Waals surface area (Å²) in [5.41, 5.74) is 8.03. The van der Waals surface area contributed by atoms with Crippen LogP contribution in [0.25, 0.3) is 0 Å². The van der Waals surface area contributed by atoms with Gasteiger partial charge in [0.15, 0.2) is 0 Å². The third kappa shape index (κ3) is 7.08. The van der Waals surface area contributed by atoms with Crippen molar-refractivity contribution < 1.29 is 9.59 Å². The van der Waals surface area contributed by atoms with Gasteiger partial charge in [-0.3, -0.25) is 9.78 Å². The lowest BCUT2D eigenvalue weighted by molar-refractivity contribution is 0.102. The minimum absolute atomic E-state index is 0.102.